The monoisotopic (exact) mass is 338 g/mol. The molecule has 0 unspecified atom stereocenters. The summed E-state index contributed by atoms with van der Waals surface area (Å²) in [6.45, 7) is 2.12. The summed E-state index contributed by atoms with van der Waals surface area (Å²) in [6.07, 6.45) is 4.96. The number of fused-ring (bicyclic) bond motifs is 1. The minimum Gasteiger partial charge on any atom is -0.497 e. The Labute approximate surface area is 149 Å². The molecule has 2 saturated heterocycles. The van der Waals surface area contributed by atoms with Gasteiger partial charge in [-0.3, -0.25) is 0 Å². The first-order chi connectivity index (χ1) is 12.2. The fourth-order valence-electron chi connectivity index (χ4n) is 4.03. The van der Waals surface area contributed by atoms with Gasteiger partial charge in [-0.05, 0) is 43.0 Å². The molecular weight excluding hydrogens is 312 g/mol. The van der Waals surface area contributed by atoms with Crippen LogP contribution in [0.2, 0.25) is 0 Å². The highest BCUT2D eigenvalue weighted by atomic mass is 16.6. The maximum absolute atomic E-state index is 6.28. The van der Waals surface area contributed by atoms with Crippen LogP contribution in [0.4, 0.5) is 0 Å². The zero-order valence-corrected chi connectivity index (χ0v) is 15.0. The molecule has 0 N–H and O–H groups in total. The Balaban J connectivity index is 1.30. The van der Waals surface area contributed by atoms with Crippen molar-refractivity contribution in [3.63, 3.8) is 0 Å². The molecule has 3 nitrogen and oxygen atoms in total. The second-order valence-corrected chi connectivity index (χ2v) is 7.31. The van der Waals surface area contributed by atoms with Gasteiger partial charge in [0.15, 0.2) is 0 Å². The molecule has 2 aliphatic heterocycles. The van der Waals surface area contributed by atoms with Crippen LogP contribution in [-0.2, 0) is 22.3 Å². The van der Waals surface area contributed by atoms with E-state index in [1.54, 1.807) is 7.11 Å². The number of hydrogen-bond donors (Lipinski definition) is 0. The average molecular weight is 338 g/mol. The molecule has 2 fully saturated rings. The normalized spacial score (nSPS) is 28.1. The molecule has 25 heavy (non-hydrogen) atoms. The van der Waals surface area contributed by atoms with E-state index in [0.29, 0.717) is 0 Å². The zero-order chi connectivity index (χ0) is 17.2. The molecule has 2 aromatic carbocycles. The number of hydrogen-bond acceptors (Lipinski definition) is 3. The van der Waals surface area contributed by atoms with Crippen LogP contribution in [0.15, 0.2) is 48.5 Å². The zero-order valence-electron chi connectivity index (χ0n) is 15.0. The largest absolute Gasteiger partial charge is 0.497 e. The molecule has 2 aliphatic rings. The van der Waals surface area contributed by atoms with E-state index in [4.69, 9.17) is 14.2 Å². The Morgan fingerprint density at radius 2 is 1.52 bits per heavy atom. The van der Waals surface area contributed by atoms with Gasteiger partial charge in [-0.25, -0.2) is 0 Å². The molecule has 4 rings (SSSR count). The van der Waals surface area contributed by atoms with Crippen LogP contribution in [0.1, 0.15) is 29.5 Å². The van der Waals surface area contributed by atoms with Crippen LogP contribution in [0.25, 0.3) is 0 Å². The van der Waals surface area contributed by atoms with Crippen LogP contribution in [0.5, 0.6) is 5.75 Å². The lowest BCUT2D eigenvalue weighted by atomic mass is 10.0. The highest BCUT2D eigenvalue weighted by molar-refractivity contribution is 5.29. The van der Waals surface area contributed by atoms with Gasteiger partial charge in [0.05, 0.1) is 31.5 Å². The van der Waals surface area contributed by atoms with Gasteiger partial charge in [-0.15, -0.1) is 0 Å². The van der Waals surface area contributed by atoms with Gasteiger partial charge in [-0.2, -0.15) is 0 Å². The van der Waals surface area contributed by atoms with Crippen molar-refractivity contribution in [3.05, 3.63) is 65.2 Å². The molecule has 0 bridgehead atoms. The van der Waals surface area contributed by atoms with Crippen LogP contribution >= 0.6 is 0 Å². The molecule has 4 atom stereocenters. The third-order valence-electron chi connectivity index (χ3n) is 5.32. The second-order valence-electron chi connectivity index (χ2n) is 7.31. The first-order valence-electron chi connectivity index (χ1n) is 9.19. The van der Waals surface area contributed by atoms with Crippen molar-refractivity contribution in [2.75, 3.05) is 7.11 Å². The molecule has 0 aliphatic carbocycles. The molecule has 132 valence electrons. The van der Waals surface area contributed by atoms with Crippen molar-refractivity contribution in [1.82, 2.24) is 0 Å². The maximum Gasteiger partial charge on any atom is 0.119 e. The highest BCUT2D eigenvalue weighted by Gasteiger charge is 2.43. The predicted molar refractivity (Wildman–Crippen MR) is 98.1 cm³/mol. The van der Waals surface area contributed by atoms with E-state index in [-0.39, 0.29) is 24.4 Å². The number of benzene rings is 2. The van der Waals surface area contributed by atoms with Crippen molar-refractivity contribution in [1.29, 1.82) is 0 Å². The fourth-order valence-corrected chi connectivity index (χ4v) is 4.03. The van der Waals surface area contributed by atoms with Gasteiger partial charge in [0, 0.05) is 12.8 Å². The molecule has 3 heteroatoms. The van der Waals surface area contributed by atoms with E-state index < -0.39 is 0 Å². The van der Waals surface area contributed by atoms with Crippen LogP contribution in [0.3, 0.4) is 0 Å². The first kappa shape index (κ1) is 16.6. The van der Waals surface area contributed by atoms with E-state index in [0.717, 1.165) is 31.4 Å². The molecule has 0 aromatic heterocycles. The van der Waals surface area contributed by atoms with Gasteiger partial charge in [0.25, 0.3) is 0 Å². The molecule has 0 amide bonds. The van der Waals surface area contributed by atoms with Crippen molar-refractivity contribution < 1.29 is 14.2 Å². The number of aryl methyl sites for hydroxylation is 1. The molecule has 0 spiro atoms. The standard InChI is InChI=1S/C22H26O3/c1-15-6-8-16(9-7-15)10-19-13-21-22(24-19)14-20(25-21)12-17-4-3-5-18(11-17)23-2/h3-9,11,19-22H,10,12-14H2,1-2H3/t19-,20-,21-,22-/m1/s1. The molecule has 0 saturated carbocycles. The van der Waals surface area contributed by atoms with E-state index in [9.17, 15) is 0 Å². The predicted octanol–water partition coefficient (Wildman–Crippen LogP) is 4.10. The molecule has 2 heterocycles. The lowest BCUT2D eigenvalue weighted by molar-refractivity contribution is 0.0340. The summed E-state index contributed by atoms with van der Waals surface area (Å²) in [4.78, 5) is 0. The van der Waals surface area contributed by atoms with Gasteiger partial charge >= 0.3 is 0 Å². The quantitative estimate of drug-likeness (QED) is 0.821. The summed E-state index contributed by atoms with van der Waals surface area (Å²) in [5.41, 5.74) is 3.92. The summed E-state index contributed by atoms with van der Waals surface area (Å²) < 4.78 is 17.9. The SMILES string of the molecule is COc1cccc(C[C@@H]2C[C@H]3O[C@H](Cc4ccc(C)cc4)C[C@H]3O2)c1. The Hall–Kier alpha value is -1.84. The lowest BCUT2D eigenvalue weighted by Crippen LogP contribution is -2.17. The molecular formula is C22H26O3. The van der Waals surface area contributed by atoms with Crippen molar-refractivity contribution in [2.24, 2.45) is 0 Å². The topological polar surface area (TPSA) is 27.7 Å². The highest BCUT2D eigenvalue weighted by Crippen LogP contribution is 2.36. The average Bonchev–Trinajstić information content (AvgIpc) is 3.15. The van der Waals surface area contributed by atoms with Crippen molar-refractivity contribution >= 4 is 0 Å². The molecule has 2 aromatic rings. The van der Waals surface area contributed by atoms with Crippen LogP contribution in [-0.4, -0.2) is 31.5 Å². The Bertz CT molecular complexity index is 695. The minimum absolute atomic E-state index is 0.252. The summed E-state index contributed by atoms with van der Waals surface area (Å²) in [7, 11) is 1.71. The van der Waals surface area contributed by atoms with Crippen LogP contribution < -0.4 is 4.74 Å². The van der Waals surface area contributed by atoms with Crippen molar-refractivity contribution in [2.45, 2.75) is 57.0 Å². The fraction of sp³-hybridized carbons (Fsp3) is 0.455. The summed E-state index contributed by atoms with van der Waals surface area (Å²) in [6, 6.07) is 17.0. The van der Waals surface area contributed by atoms with Gasteiger partial charge in [0.2, 0.25) is 0 Å². The Morgan fingerprint density at radius 3 is 2.16 bits per heavy atom. The second kappa shape index (κ2) is 7.19. The number of rotatable bonds is 5. The maximum atomic E-state index is 6.28. The van der Waals surface area contributed by atoms with Gasteiger partial charge in [0.1, 0.15) is 5.75 Å². The summed E-state index contributed by atoms with van der Waals surface area (Å²) >= 11 is 0. The summed E-state index contributed by atoms with van der Waals surface area (Å²) in [5.74, 6) is 0.908. The van der Waals surface area contributed by atoms with Gasteiger partial charge in [-0.1, -0.05) is 42.0 Å². The number of methoxy groups -OCH3 is 1. The third-order valence-corrected chi connectivity index (χ3v) is 5.32. The smallest absolute Gasteiger partial charge is 0.119 e. The van der Waals surface area contributed by atoms with E-state index in [1.165, 1.54) is 16.7 Å². The summed E-state index contributed by atoms with van der Waals surface area (Å²) in [5, 5.41) is 0. The third kappa shape index (κ3) is 3.88. The Morgan fingerprint density at radius 1 is 0.880 bits per heavy atom. The van der Waals surface area contributed by atoms with E-state index in [2.05, 4.69) is 43.3 Å². The molecule has 0 radical (unpaired) electrons. The lowest BCUT2D eigenvalue weighted by Gasteiger charge is -2.16. The Kier molecular flexibility index (Phi) is 4.78. The van der Waals surface area contributed by atoms with Gasteiger partial charge < -0.3 is 14.2 Å². The van der Waals surface area contributed by atoms with E-state index in [1.807, 2.05) is 12.1 Å². The van der Waals surface area contributed by atoms with Crippen molar-refractivity contribution in [3.8, 4) is 5.75 Å². The minimum atomic E-state index is 0.252. The number of ether oxygens (including phenoxy) is 3. The first-order valence-corrected chi connectivity index (χ1v) is 9.19. The van der Waals surface area contributed by atoms with E-state index >= 15 is 0 Å². The van der Waals surface area contributed by atoms with Crippen LogP contribution in [0, 0.1) is 6.92 Å².